The Bertz CT molecular complexity index is 301. The standard InChI is InChI=1S/2C7H12O2.C2H6/c1-5-3-6(2)7(8)9-4-5;1-5-3-4-6(2)9-7(5)8;1-2/h2*5-6H,3-4H2,1-2H3;1-2H3. The van der Waals surface area contributed by atoms with Crippen LogP contribution in [0.5, 0.6) is 0 Å². The number of rotatable bonds is 0. The maximum absolute atomic E-state index is 10.8. The molecule has 0 aromatic rings. The molecule has 2 aliphatic rings. The van der Waals surface area contributed by atoms with Crippen molar-refractivity contribution in [2.75, 3.05) is 6.61 Å². The first-order valence-electron chi connectivity index (χ1n) is 7.77. The normalized spacial score (nSPS) is 32.7. The zero-order valence-corrected chi connectivity index (χ0v) is 13.8. The molecule has 2 heterocycles. The fourth-order valence-electron chi connectivity index (χ4n) is 2.11. The maximum atomic E-state index is 10.8. The molecule has 4 unspecified atom stereocenters. The van der Waals surface area contributed by atoms with Crippen molar-refractivity contribution in [3.8, 4) is 0 Å². The first-order chi connectivity index (χ1) is 9.40. The maximum Gasteiger partial charge on any atom is 0.308 e. The Hall–Kier alpha value is -1.06. The third-order valence-electron chi connectivity index (χ3n) is 3.39. The third-order valence-corrected chi connectivity index (χ3v) is 3.39. The Balaban J connectivity index is 0.000000321. The fraction of sp³-hybridized carbons (Fsp3) is 0.875. The summed E-state index contributed by atoms with van der Waals surface area (Å²) in [6, 6.07) is 0. The van der Waals surface area contributed by atoms with Crippen LogP contribution >= 0.6 is 0 Å². The van der Waals surface area contributed by atoms with Crippen LogP contribution in [0.15, 0.2) is 0 Å². The lowest BCUT2D eigenvalue weighted by atomic mass is 9.96. The Morgan fingerprint density at radius 2 is 1.50 bits per heavy atom. The van der Waals surface area contributed by atoms with Crippen LogP contribution < -0.4 is 0 Å². The molecule has 4 nitrogen and oxygen atoms in total. The Kier molecular flexibility index (Phi) is 9.26. The van der Waals surface area contributed by atoms with Gasteiger partial charge in [-0.2, -0.15) is 0 Å². The van der Waals surface area contributed by atoms with Crippen molar-refractivity contribution >= 4 is 11.9 Å². The van der Waals surface area contributed by atoms with Crippen molar-refractivity contribution in [1.82, 2.24) is 0 Å². The van der Waals surface area contributed by atoms with Crippen LogP contribution in [0.2, 0.25) is 0 Å². The van der Waals surface area contributed by atoms with Crippen molar-refractivity contribution in [2.45, 2.75) is 66.9 Å². The molecule has 2 saturated heterocycles. The molecule has 0 aromatic heterocycles. The van der Waals surface area contributed by atoms with Crippen LogP contribution in [0.25, 0.3) is 0 Å². The van der Waals surface area contributed by atoms with Crippen LogP contribution in [0.1, 0.15) is 60.8 Å². The Labute approximate surface area is 123 Å². The van der Waals surface area contributed by atoms with E-state index in [2.05, 4.69) is 6.92 Å². The molecular formula is C16H30O4. The number of esters is 2. The number of hydrogen-bond donors (Lipinski definition) is 0. The molecule has 4 atom stereocenters. The third kappa shape index (κ3) is 6.92. The highest BCUT2D eigenvalue weighted by atomic mass is 16.5. The van der Waals surface area contributed by atoms with E-state index in [0.29, 0.717) is 12.5 Å². The SMILES string of the molecule is CC.CC1CCC(C)C(=O)O1.CC1COC(=O)C(C)C1. The van der Waals surface area contributed by atoms with E-state index < -0.39 is 0 Å². The van der Waals surface area contributed by atoms with E-state index >= 15 is 0 Å². The summed E-state index contributed by atoms with van der Waals surface area (Å²) in [6.07, 6.45) is 3.14. The van der Waals surface area contributed by atoms with Gasteiger partial charge >= 0.3 is 11.9 Å². The van der Waals surface area contributed by atoms with Crippen LogP contribution in [0.3, 0.4) is 0 Å². The molecule has 0 aliphatic carbocycles. The molecule has 2 fully saturated rings. The van der Waals surface area contributed by atoms with E-state index in [1.54, 1.807) is 0 Å². The Morgan fingerprint density at radius 1 is 0.900 bits per heavy atom. The summed E-state index contributed by atoms with van der Waals surface area (Å²) in [6.45, 7) is 12.5. The lowest BCUT2D eigenvalue weighted by Crippen LogP contribution is -2.27. The molecule has 0 aromatic carbocycles. The second-order valence-electron chi connectivity index (χ2n) is 5.60. The molecule has 0 N–H and O–H groups in total. The van der Waals surface area contributed by atoms with Gasteiger partial charge in [-0.3, -0.25) is 9.59 Å². The van der Waals surface area contributed by atoms with Gasteiger partial charge in [0.2, 0.25) is 0 Å². The molecule has 4 heteroatoms. The van der Waals surface area contributed by atoms with Crippen molar-refractivity contribution in [2.24, 2.45) is 17.8 Å². The number of ether oxygens (including phenoxy) is 2. The van der Waals surface area contributed by atoms with Gasteiger partial charge < -0.3 is 9.47 Å². The number of hydrogen-bond acceptors (Lipinski definition) is 4. The number of carbonyl (C=O) groups is 2. The molecule has 0 amide bonds. The van der Waals surface area contributed by atoms with Crippen molar-refractivity contribution in [1.29, 1.82) is 0 Å². The van der Waals surface area contributed by atoms with Crippen LogP contribution in [0, 0.1) is 17.8 Å². The van der Waals surface area contributed by atoms with Gasteiger partial charge in [0.25, 0.3) is 0 Å². The minimum Gasteiger partial charge on any atom is -0.465 e. The highest BCUT2D eigenvalue weighted by Gasteiger charge is 2.24. The monoisotopic (exact) mass is 286 g/mol. The first kappa shape index (κ1) is 18.9. The van der Waals surface area contributed by atoms with E-state index in [0.717, 1.165) is 19.3 Å². The molecule has 0 bridgehead atoms. The summed E-state index contributed by atoms with van der Waals surface area (Å²) in [4.78, 5) is 21.5. The molecule has 118 valence electrons. The summed E-state index contributed by atoms with van der Waals surface area (Å²) >= 11 is 0. The molecule has 0 radical (unpaired) electrons. The van der Waals surface area contributed by atoms with Crippen molar-refractivity contribution < 1.29 is 19.1 Å². The molecule has 0 spiro atoms. The topological polar surface area (TPSA) is 52.6 Å². The lowest BCUT2D eigenvalue weighted by Gasteiger charge is -2.22. The van der Waals surface area contributed by atoms with Gasteiger partial charge in [0.1, 0.15) is 0 Å². The summed E-state index contributed by atoms with van der Waals surface area (Å²) in [5.74, 6) is 0.731. The van der Waals surface area contributed by atoms with Crippen LogP contribution in [-0.2, 0) is 19.1 Å². The van der Waals surface area contributed by atoms with E-state index in [-0.39, 0.29) is 29.9 Å². The predicted molar refractivity (Wildman–Crippen MR) is 79.2 cm³/mol. The molecular weight excluding hydrogens is 256 g/mol. The molecule has 2 rings (SSSR count). The number of cyclic esters (lactones) is 2. The van der Waals surface area contributed by atoms with Gasteiger partial charge in [-0.15, -0.1) is 0 Å². The van der Waals surface area contributed by atoms with E-state index in [9.17, 15) is 9.59 Å². The predicted octanol–water partition coefficient (Wildman–Crippen LogP) is 3.58. The summed E-state index contributed by atoms with van der Waals surface area (Å²) in [5, 5.41) is 0. The second-order valence-corrected chi connectivity index (χ2v) is 5.60. The minimum absolute atomic E-state index is 0.0336. The van der Waals surface area contributed by atoms with Gasteiger partial charge in [0.05, 0.1) is 24.5 Å². The first-order valence-corrected chi connectivity index (χ1v) is 7.77. The van der Waals surface area contributed by atoms with Gasteiger partial charge in [-0.05, 0) is 32.1 Å². The summed E-state index contributed by atoms with van der Waals surface area (Å²) in [7, 11) is 0. The zero-order valence-electron chi connectivity index (χ0n) is 13.8. The highest BCUT2D eigenvalue weighted by Crippen LogP contribution is 2.19. The van der Waals surface area contributed by atoms with Crippen LogP contribution in [-0.4, -0.2) is 24.6 Å². The number of carbonyl (C=O) groups excluding carboxylic acids is 2. The molecule has 2 aliphatic heterocycles. The average Bonchev–Trinajstić information content (AvgIpc) is 2.42. The quantitative estimate of drug-likeness (QED) is 0.639. The summed E-state index contributed by atoms with van der Waals surface area (Å²) < 4.78 is 9.82. The van der Waals surface area contributed by atoms with Crippen molar-refractivity contribution in [3.63, 3.8) is 0 Å². The van der Waals surface area contributed by atoms with E-state index in [4.69, 9.17) is 9.47 Å². The average molecular weight is 286 g/mol. The van der Waals surface area contributed by atoms with Gasteiger partial charge in [-0.1, -0.05) is 34.6 Å². The second kappa shape index (κ2) is 9.78. The highest BCUT2D eigenvalue weighted by molar-refractivity contribution is 5.73. The van der Waals surface area contributed by atoms with E-state index in [1.807, 2.05) is 34.6 Å². The lowest BCUT2D eigenvalue weighted by molar-refractivity contribution is -0.158. The fourth-order valence-corrected chi connectivity index (χ4v) is 2.11. The zero-order chi connectivity index (χ0) is 15.7. The van der Waals surface area contributed by atoms with Gasteiger partial charge in [0.15, 0.2) is 0 Å². The van der Waals surface area contributed by atoms with Gasteiger partial charge in [0, 0.05) is 0 Å². The van der Waals surface area contributed by atoms with Crippen molar-refractivity contribution in [3.05, 3.63) is 0 Å². The van der Waals surface area contributed by atoms with E-state index in [1.165, 1.54) is 0 Å². The van der Waals surface area contributed by atoms with Gasteiger partial charge in [-0.25, -0.2) is 0 Å². The Morgan fingerprint density at radius 3 is 1.90 bits per heavy atom. The summed E-state index contributed by atoms with van der Waals surface area (Å²) in [5.41, 5.74) is 0. The largest absolute Gasteiger partial charge is 0.465 e. The smallest absolute Gasteiger partial charge is 0.308 e. The molecule has 20 heavy (non-hydrogen) atoms. The van der Waals surface area contributed by atoms with Crippen LogP contribution in [0.4, 0.5) is 0 Å². The minimum atomic E-state index is -0.0342. The molecule has 0 saturated carbocycles.